The van der Waals surface area contributed by atoms with Crippen LogP contribution in [0.1, 0.15) is 46.0 Å². The van der Waals surface area contributed by atoms with Crippen molar-refractivity contribution in [2.75, 3.05) is 6.54 Å². The molecule has 0 rings (SSSR count). The van der Waals surface area contributed by atoms with E-state index in [0.717, 1.165) is 19.3 Å². The molecule has 0 saturated heterocycles. The van der Waals surface area contributed by atoms with Crippen molar-refractivity contribution in [1.82, 2.24) is 5.32 Å². The third-order valence-electron chi connectivity index (χ3n) is 2.13. The van der Waals surface area contributed by atoms with Gasteiger partial charge in [-0.15, -0.1) is 0 Å². The Morgan fingerprint density at radius 2 is 1.79 bits per heavy atom. The zero-order valence-electron chi connectivity index (χ0n) is 8.95. The highest BCUT2D eigenvalue weighted by Crippen LogP contribution is 2.23. The minimum absolute atomic E-state index is 0.397. The van der Waals surface area contributed by atoms with Crippen molar-refractivity contribution in [2.45, 2.75) is 58.2 Å². The van der Waals surface area contributed by atoms with Crippen LogP contribution in [0.4, 0.5) is 13.2 Å². The van der Waals surface area contributed by atoms with Crippen LogP contribution in [-0.2, 0) is 0 Å². The first-order valence-corrected chi connectivity index (χ1v) is 5.29. The summed E-state index contributed by atoms with van der Waals surface area (Å²) in [7, 11) is 0. The number of halogens is 3. The van der Waals surface area contributed by atoms with Crippen LogP contribution in [0.3, 0.4) is 0 Å². The molecule has 1 unspecified atom stereocenters. The highest BCUT2D eigenvalue weighted by Gasteiger charge is 2.31. The predicted molar refractivity (Wildman–Crippen MR) is 52.3 cm³/mol. The summed E-state index contributed by atoms with van der Waals surface area (Å²) in [6, 6.07) is -0.397. The van der Waals surface area contributed by atoms with Crippen LogP contribution in [0.25, 0.3) is 0 Å². The maximum atomic E-state index is 12.1. The van der Waals surface area contributed by atoms with Gasteiger partial charge in [0.2, 0.25) is 0 Å². The van der Waals surface area contributed by atoms with Crippen LogP contribution in [0.15, 0.2) is 0 Å². The minimum Gasteiger partial charge on any atom is -0.314 e. The molecule has 0 saturated carbocycles. The van der Waals surface area contributed by atoms with Gasteiger partial charge in [-0.3, -0.25) is 0 Å². The summed E-state index contributed by atoms with van der Waals surface area (Å²) < 4.78 is 36.3. The zero-order valence-corrected chi connectivity index (χ0v) is 8.95. The second kappa shape index (κ2) is 7.10. The van der Waals surface area contributed by atoms with Crippen molar-refractivity contribution >= 4 is 0 Å². The van der Waals surface area contributed by atoms with Crippen LogP contribution in [0.5, 0.6) is 0 Å². The molecule has 0 fully saturated rings. The second-order valence-corrected chi connectivity index (χ2v) is 3.57. The Kier molecular flexibility index (Phi) is 6.97. The maximum absolute atomic E-state index is 12.1. The van der Waals surface area contributed by atoms with Crippen molar-refractivity contribution in [3.8, 4) is 0 Å². The molecule has 0 heterocycles. The van der Waals surface area contributed by atoms with E-state index in [1.54, 1.807) is 0 Å². The molecule has 1 nitrogen and oxygen atoms in total. The maximum Gasteiger partial charge on any atom is 0.390 e. The summed E-state index contributed by atoms with van der Waals surface area (Å²) in [4.78, 5) is 0. The molecular formula is C10H20F3N. The first-order valence-electron chi connectivity index (χ1n) is 5.29. The average molecular weight is 211 g/mol. The Morgan fingerprint density at radius 3 is 2.21 bits per heavy atom. The van der Waals surface area contributed by atoms with Crippen molar-refractivity contribution in [3.05, 3.63) is 0 Å². The molecule has 0 aromatic carbocycles. The van der Waals surface area contributed by atoms with Gasteiger partial charge in [0.25, 0.3) is 0 Å². The van der Waals surface area contributed by atoms with E-state index in [0.29, 0.717) is 13.0 Å². The fourth-order valence-corrected chi connectivity index (χ4v) is 1.49. The van der Waals surface area contributed by atoms with Crippen LogP contribution in [0.2, 0.25) is 0 Å². The summed E-state index contributed by atoms with van der Waals surface area (Å²) in [6.07, 6.45) is -1.18. The van der Waals surface area contributed by atoms with Gasteiger partial charge < -0.3 is 5.32 Å². The van der Waals surface area contributed by atoms with E-state index in [1.165, 1.54) is 0 Å². The topological polar surface area (TPSA) is 12.0 Å². The highest BCUT2D eigenvalue weighted by atomic mass is 19.4. The quantitative estimate of drug-likeness (QED) is 0.635. The Balaban J connectivity index is 3.77. The normalized spacial score (nSPS) is 14.4. The van der Waals surface area contributed by atoms with Gasteiger partial charge in [0.1, 0.15) is 0 Å². The number of nitrogens with one attached hydrogen (secondary N) is 1. The summed E-state index contributed by atoms with van der Waals surface area (Å²) in [5.41, 5.74) is 0. The van der Waals surface area contributed by atoms with Crippen LogP contribution >= 0.6 is 0 Å². The van der Waals surface area contributed by atoms with Crippen LogP contribution in [-0.4, -0.2) is 18.8 Å². The van der Waals surface area contributed by atoms with Crippen LogP contribution in [0, 0.1) is 0 Å². The molecule has 0 bridgehead atoms. The smallest absolute Gasteiger partial charge is 0.314 e. The van der Waals surface area contributed by atoms with E-state index in [4.69, 9.17) is 0 Å². The molecular weight excluding hydrogens is 191 g/mol. The Morgan fingerprint density at radius 1 is 1.14 bits per heavy atom. The molecule has 0 aromatic heterocycles. The number of rotatable bonds is 7. The fourth-order valence-electron chi connectivity index (χ4n) is 1.49. The van der Waals surface area contributed by atoms with E-state index < -0.39 is 18.6 Å². The fraction of sp³-hybridized carbons (Fsp3) is 1.00. The molecule has 0 spiro atoms. The van der Waals surface area contributed by atoms with Crippen molar-refractivity contribution < 1.29 is 13.2 Å². The summed E-state index contributed by atoms with van der Waals surface area (Å²) in [5, 5.41) is 2.88. The summed E-state index contributed by atoms with van der Waals surface area (Å²) in [6.45, 7) is 4.49. The summed E-state index contributed by atoms with van der Waals surface area (Å²) in [5.74, 6) is 0. The third-order valence-corrected chi connectivity index (χ3v) is 2.13. The minimum atomic E-state index is -4.04. The lowest BCUT2D eigenvalue weighted by atomic mass is 10.1. The number of hydrogen-bond acceptors (Lipinski definition) is 1. The van der Waals surface area contributed by atoms with E-state index in [2.05, 4.69) is 5.32 Å². The lowest BCUT2D eigenvalue weighted by Gasteiger charge is -2.19. The van der Waals surface area contributed by atoms with E-state index in [-0.39, 0.29) is 0 Å². The first-order chi connectivity index (χ1) is 6.49. The molecule has 4 heteroatoms. The lowest BCUT2D eigenvalue weighted by Crippen LogP contribution is -2.33. The Bertz CT molecular complexity index is 134. The standard InChI is InChI=1S/C10H20F3N/c1-3-5-6-7-9(14-4-2)8-10(11,12)13/h9,14H,3-8H2,1-2H3. The largest absolute Gasteiger partial charge is 0.390 e. The van der Waals surface area contributed by atoms with E-state index in [9.17, 15) is 13.2 Å². The molecule has 0 aliphatic rings. The Labute approximate surface area is 84.1 Å². The Hall–Kier alpha value is -0.250. The van der Waals surface area contributed by atoms with Crippen LogP contribution < -0.4 is 5.32 Å². The molecule has 0 radical (unpaired) electrons. The zero-order chi connectivity index (χ0) is 11.0. The second-order valence-electron chi connectivity index (χ2n) is 3.57. The predicted octanol–water partition coefficient (Wildman–Crippen LogP) is 3.50. The number of unbranched alkanes of at least 4 members (excludes halogenated alkanes) is 2. The number of hydrogen-bond donors (Lipinski definition) is 1. The monoisotopic (exact) mass is 211 g/mol. The van der Waals surface area contributed by atoms with Gasteiger partial charge >= 0.3 is 6.18 Å². The van der Waals surface area contributed by atoms with Gasteiger partial charge in [-0.1, -0.05) is 33.1 Å². The van der Waals surface area contributed by atoms with Gasteiger partial charge in [-0.25, -0.2) is 0 Å². The molecule has 14 heavy (non-hydrogen) atoms. The molecule has 1 atom stereocenters. The third kappa shape index (κ3) is 8.35. The van der Waals surface area contributed by atoms with Gasteiger partial charge in [-0.05, 0) is 13.0 Å². The SMILES string of the molecule is CCCCCC(CC(F)(F)F)NCC. The van der Waals surface area contributed by atoms with Gasteiger partial charge in [-0.2, -0.15) is 13.2 Å². The molecule has 0 amide bonds. The van der Waals surface area contributed by atoms with E-state index in [1.807, 2.05) is 13.8 Å². The first kappa shape index (κ1) is 13.8. The van der Waals surface area contributed by atoms with Gasteiger partial charge in [0.05, 0.1) is 6.42 Å². The van der Waals surface area contributed by atoms with Gasteiger partial charge in [0.15, 0.2) is 0 Å². The molecule has 1 N–H and O–H groups in total. The van der Waals surface area contributed by atoms with Crippen molar-refractivity contribution in [2.24, 2.45) is 0 Å². The van der Waals surface area contributed by atoms with Crippen molar-refractivity contribution in [1.29, 1.82) is 0 Å². The molecule has 86 valence electrons. The lowest BCUT2D eigenvalue weighted by molar-refractivity contribution is -0.140. The molecule has 0 aliphatic heterocycles. The summed E-state index contributed by atoms with van der Waals surface area (Å²) >= 11 is 0. The number of alkyl halides is 3. The molecule has 0 aliphatic carbocycles. The van der Waals surface area contributed by atoms with Crippen molar-refractivity contribution in [3.63, 3.8) is 0 Å². The van der Waals surface area contributed by atoms with E-state index >= 15 is 0 Å². The highest BCUT2D eigenvalue weighted by molar-refractivity contribution is 4.70. The average Bonchev–Trinajstić information content (AvgIpc) is 2.02. The van der Waals surface area contributed by atoms with Gasteiger partial charge in [0, 0.05) is 6.04 Å². The molecule has 0 aromatic rings.